The third-order valence-corrected chi connectivity index (χ3v) is 5.24. The minimum absolute atomic E-state index is 0.0182. The summed E-state index contributed by atoms with van der Waals surface area (Å²) in [7, 11) is -2.07. The van der Waals surface area contributed by atoms with Crippen molar-refractivity contribution < 1.29 is 13.2 Å². The number of nitrogens with two attached hydrogens (primary N) is 1. The van der Waals surface area contributed by atoms with E-state index in [-0.39, 0.29) is 10.8 Å². The van der Waals surface area contributed by atoms with Crippen LogP contribution in [-0.2, 0) is 10.0 Å². The number of hydrogen-bond acceptors (Lipinski definition) is 3. The first-order valence-corrected chi connectivity index (χ1v) is 8.55. The van der Waals surface area contributed by atoms with E-state index >= 15 is 0 Å². The van der Waals surface area contributed by atoms with Gasteiger partial charge in [-0.2, -0.15) is 0 Å². The topological polar surface area (TPSA) is 80.5 Å². The Labute approximate surface area is 126 Å². The van der Waals surface area contributed by atoms with Crippen LogP contribution in [-0.4, -0.2) is 32.8 Å². The number of nitrogens with zero attached hydrogens (tertiary/aromatic N) is 1. The summed E-state index contributed by atoms with van der Waals surface area (Å²) in [6, 6.07) is 3.09. The highest BCUT2D eigenvalue weighted by Crippen LogP contribution is 2.38. The van der Waals surface area contributed by atoms with Crippen LogP contribution in [0.25, 0.3) is 0 Å². The Morgan fingerprint density at radius 3 is 2.38 bits per heavy atom. The number of carbonyl (C=O) groups excluding carboxylic acids is 1. The smallest absolute Gasteiger partial charge is 0.253 e. The molecule has 0 aliphatic heterocycles. The van der Waals surface area contributed by atoms with Gasteiger partial charge in [-0.15, -0.1) is 0 Å². The Morgan fingerprint density at radius 1 is 1.33 bits per heavy atom. The van der Waals surface area contributed by atoms with E-state index in [1.165, 1.54) is 6.07 Å². The van der Waals surface area contributed by atoms with Crippen LogP contribution in [0.4, 0.5) is 0 Å². The number of benzene rings is 1. The van der Waals surface area contributed by atoms with Crippen molar-refractivity contribution in [2.75, 3.05) is 13.6 Å². The molecule has 0 aromatic heterocycles. The Bertz CT molecular complexity index is 682. The van der Waals surface area contributed by atoms with Crippen molar-refractivity contribution in [2.24, 2.45) is 17.0 Å². The molecule has 2 atom stereocenters. The second-order valence-electron chi connectivity index (χ2n) is 6.14. The number of primary sulfonamides is 1. The minimum Gasteiger partial charge on any atom is -0.341 e. The van der Waals surface area contributed by atoms with E-state index in [0.29, 0.717) is 29.5 Å². The molecule has 0 spiro atoms. The molecule has 1 fully saturated rings. The van der Waals surface area contributed by atoms with Gasteiger partial charge in [0.25, 0.3) is 5.91 Å². The zero-order chi connectivity index (χ0) is 15.9. The van der Waals surface area contributed by atoms with Crippen molar-refractivity contribution >= 4 is 15.9 Å². The second-order valence-corrected chi connectivity index (χ2v) is 7.67. The summed E-state index contributed by atoms with van der Waals surface area (Å²) in [4.78, 5) is 14.2. The zero-order valence-electron chi connectivity index (χ0n) is 12.9. The molecule has 2 N–H and O–H groups in total. The lowest BCUT2D eigenvalue weighted by atomic mass is 10.0. The highest BCUT2D eigenvalue weighted by atomic mass is 32.2. The fourth-order valence-electron chi connectivity index (χ4n) is 2.66. The van der Waals surface area contributed by atoms with Crippen LogP contribution >= 0.6 is 0 Å². The Hall–Kier alpha value is -1.40. The first kappa shape index (κ1) is 16.0. The van der Waals surface area contributed by atoms with E-state index in [4.69, 9.17) is 5.14 Å². The molecule has 21 heavy (non-hydrogen) atoms. The lowest BCUT2D eigenvalue weighted by Crippen LogP contribution is -2.30. The predicted molar refractivity (Wildman–Crippen MR) is 81.5 cm³/mol. The molecule has 2 unspecified atom stereocenters. The van der Waals surface area contributed by atoms with E-state index in [9.17, 15) is 13.2 Å². The number of sulfonamides is 1. The fourth-order valence-corrected chi connectivity index (χ4v) is 3.45. The van der Waals surface area contributed by atoms with E-state index in [0.717, 1.165) is 12.0 Å². The summed E-state index contributed by atoms with van der Waals surface area (Å²) >= 11 is 0. The Kier molecular flexibility index (Phi) is 4.13. The predicted octanol–water partition coefficient (Wildman–Crippen LogP) is 1.68. The maximum absolute atomic E-state index is 12.5. The molecule has 0 saturated heterocycles. The van der Waals surface area contributed by atoms with Crippen molar-refractivity contribution in [1.82, 2.24) is 4.90 Å². The van der Waals surface area contributed by atoms with Crippen LogP contribution in [0.5, 0.6) is 0 Å². The summed E-state index contributed by atoms with van der Waals surface area (Å²) in [5.74, 6) is 1.07. The van der Waals surface area contributed by atoms with Crippen molar-refractivity contribution in [3.63, 3.8) is 0 Å². The molecule has 1 aromatic carbocycles. The molecule has 1 amide bonds. The van der Waals surface area contributed by atoms with E-state index < -0.39 is 10.0 Å². The summed E-state index contributed by atoms with van der Waals surface area (Å²) in [6.07, 6.45) is 1.15. The molecule has 0 heterocycles. The Morgan fingerprint density at radius 2 is 1.90 bits per heavy atom. The number of amides is 1. The van der Waals surface area contributed by atoms with Crippen molar-refractivity contribution in [1.29, 1.82) is 0 Å². The molecule has 6 heteroatoms. The van der Waals surface area contributed by atoms with Gasteiger partial charge >= 0.3 is 0 Å². The number of rotatable bonds is 4. The normalized spacial score (nSPS) is 21.2. The van der Waals surface area contributed by atoms with E-state index in [1.54, 1.807) is 31.9 Å². The van der Waals surface area contributed by atoms with Gasteiger partial charge in [0.15, 0.2) is 0 Å². The lowest BCUT2D eigenvalue weighted by molar-refractivity contribution is 0.0786. The largest absolute Gasteiger partial charge is 0.341 e. The molecule has 2 rings (SSSR count). The molecule has 0 bridgehead atoms. The molecule has 0 radical (unpaired) electrons. The molecule has 1 aliphatic carbocycles. The van der Waals surface area contributed by atoms with Gasteiger partial charge in [0.1, 0.15) is 0 Å². The van der Waals surface area contributed by atoms with Crippen LogP contribution in [0.1, 0.15) is 34.8 Å². The maximum Gasteiger partial charge on any atom is 0.253 e. The van der Waals surface area contributed by atoms with Gasteiger partial charge in [0.05, 0.1) is 4.90 Å². The van der Waals surface area contributed by atoms with Gasteiger partial charge in [-0.3, -0.25) is 4.79 Å². The lowest BCUT2D eigenvalue weighted by Gasteiger charge is -2.19. The minimum atomic E-state index is -3.82. The van der Waals surface area contributed by atoms with Crippen LogP contribution in [0.3, 0.4) is 0 Å². The van der Waals surface area contributed by atoms with Crippen LogP contribution in [0.15, 0.2) is 17.0 Å². The number of hydrogen-bond donors (Lipinski definition) is 1. The molecular formula is C15H22N2O3S. The number of carbonyl (C=O) groups is 1. The second kappa shape index (κ2) is 5.42. The monoisotopic (exact) mass is 310 g/mol. The SMILES string of the molecule is Cc1cc(C)c(S(N)(=O)=O)cc1C(=O)N(C)CC1CC1C. The molecule has 1 aliphatic rings. The van der Waals surface area contributed by atoms with Gasteiger partial charge < -0.3 is 4.90 Å². The third kappa shape index (κ3) is 3.44. The molecule has 1 aromatic rings. The van der Waals surface area contributed by atoms with Gasteiger partial charge in [-0.25, -0.2) is 13.6 Å². The van der Waals surface area contributed by atoms with Gasteiger partial charge in [0, 0.05) is 19.2 Å². The van der Waals surface area contributed by atoms with Gasteiger partial charge in [0.2, 0.25) is 10.0 Å². The van der Waals surface area contributed by atoms with Crippen LogP contribution in [0.2, 0.25) is 0 Å². The molecular weight excluding hydrogens is 288 g/mol. The fraction of sp³-hybridized carbons (Fsp3) is 0.533. The summed E-state index contributed by atoms with van der Waals surface area (Å²) in [5.41, 5.74) is 1.73. The highest BCUT2D eigenvalue weighted by Gasteiger charge is 2.34. The first-order chi connectivity index (χ1) is 9.61. The van der Waals surface area contributed by atoms with Crippen LogP contribution < -0.4 is 5.14 Å². The zero-order valence-corrected chi connectivity index (χ0v) is 13.7. The summed E-state index contributed by atoms with van der Waals surface area (Å²) in [6.45, 7) is 6.36. The molecule has 1 saturated carbocycles. The van der Waals surface area contributed by atoms with E-state index in [2.05, 4.69) is 6.92 Å². The quantitative estimate of drug-likeness (QED) is 0.918. The average Bonchev–Trinajstić information content (AvgIpc) is 3.02. The summed E-state index contributed by atoms with van der Waals surface area (Å²) in [5, 5.41) is 5.21. The summed E-state index contributed by atoms with van der Waals surface area (Å²) < 4.78 is 23.2. The first-order valence-electron chi connectivity index (χ1n) is 7.00. The third-order valence-electron chi connectivity index (χ3n) is 4.19. The van der Waals surface area contributed by atoms with Crippen molar-refractivity contribution in [3.8, 4) is 0 Å². The van der Waals surface area contributed by atoms with Gasteiger partial charge in [-0.05, 0) is 49.3 Å². The molecule has 5 nitrogen and oxygen atoms in total. The van der Waals surface area contributed by atoms with Crippen molar-refractivity contribution in [3.05, 3.63) is 28.8 Å². The van der Waals surface area contributed by atoms with Gasteiger partial charge in [-0.1, -0.05) is 13.0 Å². The Balaban J connectivity index is 2.32. The van der Waals surface area contributed by atoms with Crippen LogP contribution in [0, 0.1) is 25.7 Å². The standard InChI is InChI=1S/C15H22N2O3S/c1-9-6-12(9)8-17(4)15(18)13-7-14(21(16,19)20)11(3)5-10(13)2/h5,7,9,12H,6,8H2,1-4H3,(H2,16,19,20). The maximum atomic E-state index is 12.5. The molecule has 116 valence electrons. The average molecular weight is 310 g/mol. The highest BCUT2D eigenvalue weighted by molar-refractivity contribution is 7.89. The van der Waals surface area contributed by atoms with Crippen molar-refractivity contribution in [2.45, 2.75) is 32.1 Å². The van der Waals surface area contributed by atoms with E-state index in [1.807, 2.05) is 0 Å². The number of aryl methyl sites for hydroxylation is 2.